The van der Waals surface area contributed by atoms with Gasteiger partial charge in [-0.3, -0.25) is 4.57 Å². The Balaban J connectivity index is 2.03. The van der Waals surface area contributed by atoms with E-state index in [1.54, 1.807) is 22.4 Å². The van der Waals surface area contributed by atoms with E-state index in [-0.39, 0.29) is 12.3 Å². The SMILES string of the molecule is Cn1c(CO)cc2cc(-n3c(=O)n(C)c4cccnc43)ccc21. The van der Waals surface area contributed by atoms with Gasteiger partial charge < -0.3 is 9.67 Å². The normalized spacial score (nSPS) is 11.6. The lowest BCUT2D eigenvalue weighted by Crippen LogP contribution is -2.20. The zero-order valence-corrected chi connectivity index (χ0v) is 12.9. The number of hydrogen-bond acceptors (Lipinski definition) is 3. The van der Waals surface area contributed by atoms with Gasteiger partial charge >= 0.3 is 5.69 Å². The van der Waals surface area contributed by atoms with E-state index in [2.05, 4.69) is 4.98 Å². The Kier molecular flexibility index (Phi) is 2.89. The van der Waals surface area contributed by atoms with Gasteiger partial charge in [-0.25, -0.2) is 14.3 Å². The van der Waals surface area contributed by atoms with Gasteiger partial charge in [0.15, 0.2) is 5.65 Å². The van der Waals surface area contributed by atoms with Gasteiger partial charge in [0.25, 0.3) is 0 Å². The first-order valence-corrected chi connectivity index (χ1v) is 7.34. The van der Waals surface area contributed by atoms with Gasteiger partial charge in [-0.05, 0) is 36.4 Å². The summed E-state index contributed by atoms with van der Waals surface area (Å²) in [6.07, 6.45) is 1.68. The fourth-order valence-electron chi connectivity index (χ4n) is 3.08. The highest BCUT2D eigenvalue weighted by Crippen LogP contribution is 2.23. The van der Waals surface area contributed by atoms with Crippen molar-refractivity contribution in [3.8, 4) is 5.69 Å². The molecule has 0 aliphatic rings. The van der Waals surface area contributed by atoms with Crippen LogP contribution in [0.4, 0.5) is 0 Å². The van der Waals surface area contributed by atoms with Crippen LogP contribution in [0.3, 0.4) is 0 Å². The first-order chi connectivity index (χ1) is 11.1. The molecule has 3 heterocycles. The zero-order valence-electron chi connectivity index (χ0n) is 12.9. The third-order valence-electron chi connectivity index (χ3n) is 4.36. The largest absolute Gasteiger partial charge is 0.390 e. The van der Waals surface area contributed by atoms with Crippen LogP contribution in [0.15, 0.2) is 47.4 Å². The van der Waals surface area contributed by atoms with Crippen LogP contribution in [-0.2, 0) is 20.7 Å². The lowest BCUT2D eigenvalue weighted by Gasteiger charge is -2.04. The van der Waals surface area contributed by atoms with Crippen molar-refractivity contribution in [2.24, 2.45) is 14.1 Å². The number of pyridine rings is 1. The molecule has 3 aromatic heterocycles. The van der Waals surface area contributed by atoms with E-state index in [9.17, 15) is 9.90 Å². The molecule has 0 spiro atoms. The maximum absolute atomic E-state index is 12.6. The van der Waals surface area contributed by atoms with Crippen LogP contribution in [-0.4, -0.2) is 23.8 Å². The molecular weight excluding hydrogens is 292 g/mol. The highest BCUT2D eigenvalue weighted by molar-refractivity contribution is 5.84. The zero-order chi connectivity index (χ0) is 16.1. The van der Waals surface area contributed by atoms with Crippen molar-refractivity contribution in [1.82, 2.24) is 18.7 Å². The lowest BCUT2D eigenvalue weighted by molar-refractivity contribution is 0.273. The molecule has 0 fully saturated rings. The fourth-order valence-corrected chi connectivity index (χ4v) is 3.08. The van der Waals surface area contributed by atoms with Crippen LogP contribution < -0.4 is 5.69 Å². The molecular formula is C17H16N4O2. The average molecular weight is 308 g/mol. The Hall–Kier alpha value is -2.86. The number of imidazole rings is 1. The van der Waals surface area contributed by atoms with Crippen LogP contribution in [0.5, 0.6) is 0 Å². The molecule has 4 rings (SSSR count). The molecule has 0 saturated heterocycles. The molecule has 0 atom stereocenters. The van der Waals surface area contributed by atoms with Crippen molar-refractivity contribution in [3.05, 3.63) is 58.8 Å². The summed E-state index contributed by atoms with van der Waals surface area (Å²) in [5, 5.41) is 10.4. The van der Waals surface area contributed by atoms with Crippen molar-refractivity contribution >= 4 is 22.1 Å². The minimum Gasteiger partial charge on any atom is -0.390 e. The second kappa shape index (κ2) is 4.82. The third-order valence-corrected chi connectivity index (χ3v) is 4.36. The van der Waals surface area contributed by atoms with Crippen LogP contribution in [0.1, 0.15) is 5.69 Å². The number of rotatable bonds is 2. The van der Waals surface area contributed by atoms with E-state index in [1.807, 2.05) is 48.0 Å². The Morgan fingerprint density at radius 2 is 1.91 bits per heavy atom. The van der Waals surface area contributed by atoms with Gasteiger partial charge in [0.1, 0.15) is 0 Å². The van der Waals surface area contributed by atoms with Gasteiger partial charge in [-0.2, -0.15) is 0 Å². The number of nitrogens with zero attached hydrogens (tertiary/aromatic N) is 4. The first-order valence-electron chi connectivity index (χ1n) is 7.34. The van der Waals surface area contributed by atoms with Gasteiger partial charge in [-0.1, -0.05) is 0 Å². The predicted octanol–water partition coefficient (Wildman–Crippen LogP) is 1.71. The highest BCUT2D eigenvalue weighted by Gasteiger charge is 2.14. The van der Waals surface area contributed by atoms with Crippen molar-refractivity contribution in [3.63, 3.8) is 0 Å². The van der Waals surface area contributed by atoms with Crippen molar-refractivity contribution in [2.45, 2.75) is 6.61 Å². The Morgan fingerprint density at radius 1 is 1.09 bits per heavy atom. The van der Waals surface area contributed by atoms with E-state index in [0.717, 1.165) is 27.8 Å². The van der Waals surface area contributed by atoms with Gasteiger partial charge in [0.05, 0.1) is 17.8 Å². The molecule has 0 aliphatic carbocycles. The summed E-state index contributed by atoms with van der Waals surface area (Å²) in [5.41, 5.74) is 3.91. The monoisotopic (exact) mass is 308 g/mol. The minimum atomic E-state index is -0.128. The van der Waals surface area contributed by atoms with Crippen LogP contribution in [0.2, 0.25) is 0 Å². The quantitative estimate of drug-likeness (QED) is 0.613. The van der Waals surface area contributed by atoms with E-state index in [0.29, 0.717) is 5.65 Å². The maximum atomic E-state index is 12.6. The summed E-state index contributed by atoms with van der Waals surface area (Å²) >= 11 is 0. The Bertz CT molecular complexity index is 1100. The van der Waals surface area contributed by atoms with E-state index >= 15 is 0 Å². The minimum absolute atomic E-state index is 0.0176. The van der Waals surface area contributed by atoms with Gasteiger partial charge in [0, 0.05) is 36.9 Å². The average Bonchev–Trinajstić information content (AvgIpc) is 3.03. The summed E-state index contributed by atoms with van der Waals surface area (Å²) in [5.74, 6) is 0. The number of aromatic nitrogens is 4. The van der Waals surface area contributed by atoms with E-state index in [1.165, 1.54) is 0 Å². The Morgan fingerprint density at radius 3 is 2.70 bits per heavy atom. The second-order valence-corrected chi connectivity index (χ2v) is 5.62. The molecule has 1 N–H and O–H groups in total. The number of aliphatic hydroxyl groups is 1. The van der Waals surface area contributed by atoms with E-state index < -0.39 is 0 Å². The number of benzene rings is 1. The molecule has 0 aliphatic heterocycles. The highest BCUT2D eigenvalue weighted by atomic mass is 16.3. The lowest BCUT2D eigenvalue weighted by atomic mass is 10.2. The molecule has 4 aromatic rings. The molecule has 0 unspecified atom stereocenters. The third kappa shape index (κ3) is 1.85. The predicted molar refractivity (Wildman–Crippen MR) is 88.7 cm³/mol. The fraction of sp³-hybridized carbons (Fsp3) is 0.176. The summed E-state index contributed by atoms with van der Waals surface area (Å²) in [4.78, 5) is 16.9. The van der Waals surface area contributed by atoms with Crippen LogP contribution in [0.25, 0.3) is 27.8 Å². The number of aryl methyl sites for hydroxylation is 2. The van der Waals surface area contributed by atoms with Gasteiger partial charge in [0.2, 0.25) is 0 Å². The molecule has 1 aromatic carbocycles. The Labute approximate surface area is 131 Å². The second-order valence-electron chi connectivity index (χ2n) is 5.62. The smallest absolute Gasteiger partial charge is 0.334 e. The van der Waals surface area contributed by atoms with Crippen LogP contribution >= 0.6 is 0 Å². The van der Waals surface area contributed by atoms with Gasteiger partial charge in [-0.15, -0.1) is 0 Å². The number of fused-ring (bicyclic) bond motifs is 2. The van der Waals surface area contributed by atoms with Crippen molar-refractivity contribution in [2.75, 3.05) is 0 Å². The number of hydrogen-bond donors (Lipinski definition) is 1. The van der Waals surface area contributed by atoms with Crippen molar-refractivity contribution < 1.29 is 5.11 Å². The summed E-state index contributed by atoms with van der Waals surface area (Å²) in [6.45, 7) is -0.0176. The van der Waals surface area contributed by atoms with Crippen molar-refractivity contribution in [1.29, 1.82) is 0 Å². The summed E-state index contributed by atoms with van der Waals surface area (Å²) < 4.78 is 5.15. The molecule has 6 heteroatoms. The molecule has 0 radical (unpaired) electrons. The van der Waals surface area contributed by atoms with Crippen LogP contribution in [0, 0.1) is 0 Å². The summed E-state index contributed by atoms with van der Waals surface area (Å²) in [7, 11) is 3.66. The first kappa shape index (κ1) is 13.8. The standard InChI is InChI=1S/C17H16N4O2/c1-19-13(10-22)9-11-8-12(5-6-14(11)19)21-16-15(4-3-7-18-16)20(2)17(21)23/h3-9,22H,10H2,1-2H3. The molecule has 0 amide bonds. The topological polar surface area (TPSA) is 65.0 Å². The molecule has 116 valence electrons. The van der Waals surface area contributed by atoms with E-state index in [4.69, 9.17) is 0 Å². The molecule has 0 saturated carbocycles. The molecule has 23 heavy (non-hydrogen) atoms. The maximum Gasteiger partial charge on any atom is 0.334 e. The summed E-state index contributed by atoms with van der Waals surface area (Å²) in [6, 6.07) is 11.4. The number of aliphatic hydroxyl groups excluding tert-OH is 1. The molecule has 6 nitrogen and oxygen atoms in total. The molecule has 0 bridgehead atoms.